The topological polar surface area (TPSA) is 101 Å². The summed E-state index contributed by atoms with van der Waals surface area (Å²) in [6, 6.07) is 0.818. The van der Waals surface area contributed by atoms with Crippen LogP contribution in [-0.2, 0) is 16.0 Å². The number of alkyl halides is 3. The molecule has 0 N–H and O–H groups in total. The largest absolute Gasteiger partial charge is 0.574 e. The van der Waals surface area contributed by atoms with Crippen LogP contribution in [0.2, 0.25) is 0 Å². The summed E-state index contributed by atoms with van der Waals surface area (Å²) < 4.78 is 49.7. The van der Waals surface area contributed by atoms with Gasteiger partial charge in [0, 0.05) is 6.07 Å². The SMILES string of the molecule is CCOC(=O)Cc1cc([N+](=O)[O-])c(OC)c(OC(F)(F)F)n1. The highest BCUT2D eigenvalue weighted by Crippen LogP contribution is 2.38. The molecule has 0 unspecified atom stereocenters. The number of hydrogen-bond acceptors (Lipinski definition) is 7. The molecule has 0 aliphatic carbocycles. The first-order valence-corrected chi connectivity index (χ1v) is 5.81. The molecule has 0 aliphatic heterocycles. The van der Waals surface area contributed by atoms with Gasteiger partial charge in [0.05, 0.1) is 30.8 Å². The molecule has 0 aromatic carbocycles. The van der Waals surface area contributed by atoms with E-state index in [-0.39, 0.29) is 12.3 Å². The molecule has 0 amide bonds. The van der Waals surface area contributed by atoms with Crippen LogP contribution < -0.4 is 9.47 Å². The van der Waals surface area contributed by atoms with Crippen LogP contribution >= 0.6 is 0 Å². The van der Waals surface area contributed by atoms with E-state index in [1.54, 1.807) is 0 Å². The predicted octanol–water partition coefficient (Wildman–Crippen LogP) is 2.00. The van der Waals surface area contributed by atoms with Gasteiger partial charge < -0.3 is 14.2 Å². The van der Waals surface area contributed by atoms with Crippen LogP contribution in [-0.4, -0.2) is 36.0 Å². The van der Waals surface area contributed by atoms with Crippen LogP contribution in [0, 0.1) is 10.1 Å². The number of aromatic nitrogens is 1. The van der Waals surface area contributed by atoms with Gasteiger partial charge in [-0.1, -0.05) is 0 Å². The zero-order valence-electron chi connectivity index (χ0n) is 11.5. The van der Waals surface area contributed by atoms with Crippen molar-refractivity contribution in [1.82, 2.24) is 4.98 Å². The minimum Gasteiger partial charge on any atom is -0.486 e. The normalized spacial score (nSPS) is 11.0. The molecule has 22 heavy (non-hydrogen) atoms. The van der Waals surface area contributed by atoms with Gasteiger partial charge >= 0.3 is 18.0 Å². The van der Waals surface area contributed by atoms with Crippen molar-refractivity contribution >= 4 is 11.7 Å². The average molecular weight is 324 g/mol. The summed E-state index contributed by atoms with van der Waals surface area (Å²) in [7, 11) is 0.929. The van der Waals surface area contributed by atoms with Gasteiger partial charge in [0.2, 0.25) is 0 Å². The molecule has 0 spiro atoms. The van der Waals surface area contributed by atoms with Crippen molar-refractivity contribution in [1.29, 1.82) is 0 Å². The second kappa shape index (κ2) is 6.91. The molecule has 122 valence electrons. The van der Waals surface area contributed by atoms with E-state index in [1.807, 2.05) is 0 Å². The molecule has 0 atom stereocenters. The van der Waals surface area contributed by atoms with Gasteiger partial charge in [0.25, 0.3) is 11.6 Å². The monoisotopic (exact) mass is 324 g/mol. The van der Waals surface area contributed by atoms with E-state index in [1.165, 1.54) is 6.92 Å². The maximum atomic E-state index is 12.3. The summed E-state index contributed by atoms with van der Waals surface area (Å²) >= 11 is 0. The van der Waals surface area contributed by atoms with Crippen LogP contribution in [0.4, 0.5) is 18.9 Å². The maximum Gasteiger partial charge on any atom is 0.574 e. The summed E-state index contributed by atoms with van der Waals surface area (Å²) in [6.07, 6.45) is -5.68. The quantitative estimate of drug-likeness (QED) is 0.448. The van der Waals surface area contributed by atoms with Crippen molar-refractivity contribution in [3.8, 4) is 11.6 Å². The lowest BCUT2D eigenvalue weighted by molar-refractivity contribution is -0.386. The molecular weight excluding hydrogens is 313 g/mol. The van der Waals surface area contributed by atoms with Gasteiger partial charge in [0.1, 0.15) is 0 Å². The average Bonchev–Trinajstić information content (AvgIpc) is 2.36. The van der Waals surface area contributed by atoms with Crippen LogP contribution in [0.25, 0.3) is 0 Å². The van der Waals surface area contributed by atoms with E-state index in [0.717, 1.165) is 13.2 Å². The van der Waals surface area contributed by atoms with E-state index >= 15 is 0 Å². The fraction of sp³-hybridized carbons (Fsp3) is 0.455. The molecule has 8 nitrogen and oxygen atoms in total. The summed E-state index contributed by atoms with van der Waals surface area (Å²) in [6.45, 7) is 1.57. The van der Waals surface area contributed by atoms with Gasteiger partial charge in [0.15, 0.2) is 0 Å². The summed E-state index contributed by atoms with van der Waals surface area (Å²) in [4.78, 5) is 24.7. The summed E-state index contributed by atoms with van der Waals surface area (Å²) in [5.41, 5.74) is -1.12. The standard InChI is InChI=1S/C11H11F3N2O6/c1-3-21-8(17)5-6-4-7(16(18)19)9(20-2)10(15-6)22-11(12,13)14/h4H,3,5H2,1-2H3. The third kappa shape index (κ3) is 4.75. The Morgan fingerprint density at radius 2 is 2.09 bits per heavy atom. The molecule has 0 bridgehead atoms. The molecule has 1 heterocycles. The summed E-state index contributed by atoms with van der Waals surface area (Å²) in [5.74, 6) is -2.74. The molecule has 11 heteroatoms. The minimum atomic E-state index is -5.13. The molecule has 0 saturated carbocycles. The highest BCUT2D eigenvalue weighted by molar-refractivity contribution is 5.72. The Hall–Kier alpha value is -2.59. The second-order valence-electron chi connectivity index (χ2n) is 3.76. The minimum absolute atomic E-state index is 0.0446. The zero-order chi connectivity index (χ0) is 16.9. The van der Waals surface area contributed by atoms with Crippen molar-refractivity contribution in [3.05, 3.63) is 21.9 Å². The third-order valence-electron chi connectivity index (χ3n) is 2.22. The number of hydrogen-bond donors (Lipinski definition) is 0. The lowest BCUT2D eigenvalue weighted by atomic mass is 10.2. The Morgan fingerprint density at radius 3 is 2.55 bits per heavy atom. The van der Waals surface area contributed by atoms with Gasteiger partial charge in [-0.25, -0.2) is 4.98 Å². The fourth-order valence-electron chi connectivity index (χ4n) is 1.50. The number of esters is 1. The number of rotatable bonds is 6. The van der Waals surface area contributed by atoms with Crippen LogP contribution in [0.3, 0.4) is 0 Å². The smallest absolute Gasteiger partial charge is 0.486 e. The Bertz CT molecular complexity index is 576. The van der Waals surface area contributed by atoms with E-state index in [2.05, 4.69) is 19.2 Å². The van der Waals surface area contributed by atoms with Gasteiger partial charge in [-0.05, 0) is 6.92 Å². The molecule has 0 fully saturated rings. The number of nitro groups is 1. The number of halogens is 3. The van der Waals surface area contributed by atoms with E-state index in [0.29, 0.717) is 0 Å². The zero-order valence-corrected chi connectivity index (χ0v) is 11.5. The number of pyridine rings is 1. The molecular formula is C11H11F3N2O6. The Labute approximate surface area is 121 Å². The van der Waals surface area contributed by atoms with Crippen molar-refractivity contribution in [2.24, 2.45) is 0 Å². The van der Waals surface area contributed by atoms with Gasteiger partial charge in [-0.2, -0.15) is 0 Å². The number of nitrogens with zero attached hydrogens (tertiary/aromatic N) is 2. The summed E-state index contributed by atoms with van der Waals surface area (Å²) in [5, 5.41) is 10.9. The predicted molar refractivity (Wildman–Crippen MR) is 64.5 cm³/mol. The van der Waals surface area contributed by atoms with Gasteiger partial charge in [-0.3, -0.25) is 14.9 Å². The van der Waals surface area contributed by atoms with E-state index in [9.17, 15) is 28.1 Å². The highest BCUT2D eigenvalue weighted by atomic mass is 19.4. The van der Waals surface area contributed by atoms with Crippen molar-refractivity contribution in [2.75, 3.05) is 13.7 Å². The van der Waals surface area contributed by atoms with Crippen LogP contribution in [0.15, 0.2) is 6.07 Å². The number of carbonyl (C=O) groups excluding carboxylic acids is 1. The molecule has 1 aromatic heterocycles. The third-order valence-corrected chi connectivity index (χ3v) is 2.22. The number of ether oxygens (including phenoxy) is 3. The Balaban J connectivity index is 3.30. The highest BCUT2D eigenvalue weighted by Gasteiger charge is 2.36. The lowest BCUT2D eigenvalue weighted by Crippen LogP contribution is -2.19. The van der Waals surface area contributed by atoms with Crippen LogP contribution in [0.1, 0.15) is 12.6 Å². The first kappa shape index (κ1) is 17.5. The molecule has 0 saturated heterocycles. The first-order chi connectivity index (χ1) is 10.2. The van der Waals surface area contributed by atoms with Crippen LogP contribution in [0.5, 0.6) is 11.6 Å². The van der Waals surface area contributed by atoms with Crippen molar-refractivity contribution in [2.45, 2.75) is 19.7 Å². The Kier molecular flexibility index (Phi) is 5.49. The number of carbonyl (C=O) groups is 1. The van der Waals surface area contributed by atoms with Crippen molar-refractivity contribution < 1.29 is 37.1 Å². The fourth-order valence-corrected chi connectivity index (χ4v) is 1.50. The maximum absolute atomic E-state index is 12.3. The molecule has 1 rings (SSSR count). The van der Waals surface area contributed by atoms with Gasteiger partial charge in [-0.15, -0.1) is 13.2 Å². The Morgan fingerprint density at radius 1 is 1.45 bits per heavy atom. The van der Waals surface area contributed by atoms with E-state index < -0.39 is 41.0 Å². The molecule has 1 aromatic rings. The molecule has 0 radical (unpaired) electrons. The molecule has 0 aliphatic rings. The van der Waals surface area contributed by atoms with Crippen molar-refractivity contribution in [3.63, 3.8) is 0 Å². The number of methoxy groups -OCH3 is 1. The first-order valence-electron chi connectivity index (χ1n) is 5.81. The lowest BCUT2D eigenvalue weighted by Gasteiger charge is -2.12. The second-order valence-corrected chi connectivity index (χ2v) is 3.76. The van der Waals surface area contributed by atoms with E-state index in [4.69, 9.17) is 0 Å².